The molecule has 1 N–H and O–H groups in total. The molecule has 1 aromatic heterocycles. The Bertz CT molecular complexity index is 1300. The molecule has 0 aliphatic carbocycles. The fourth-order valence-corrected chi connectivity index (χ4v) is 4.48. The minimum Gasteiger partial charge on any atom is -0.343 e. The minimum atomic E-state index is -4.91. The molecule has 3 atom stereocenters. The van der Waals surface area contributed by atoms with Gasteiger partial charge >= 0.3 is 6.18 Å². The van der Waals surface area contributed by atoms with Gasteiger partial charge in [0.2, 0.25) is 11.8 Å². The molecule has 3 unspecified atom stereocenters. The molecule has 1 aliphatic rings. The number of nitrogens with one attached hydrogen (secondary N) is 1. The molecular formula is C25H25F5N6O2. The van der Waals surface area contributed by atoms with Gasteiger partial charge in [0.15, 0.2) is 0 Å². The van der Waals surface area contributed by atoms with Crippen LogP contribution in [0.1, 0.15) is 54.7 Å². The third-order valence-corrected chi connectivity index (χ3v) is 6.34. The summed E-state index contributed by atoms with van der Waals surface area (Å²) in [7, 11) is 0. The number of halogens is 5. The van der Waals surface area contributed by atoms with Gasteiger partial charge < -0.3 is 10.2 Å². The predicted molar refractivity (Wildman–Crippen MR) is 125 cm³/mol. The van der Waals surface area contributed by atoms with Crippen LogP contribution in [0, 0.1) is 5.82 Å². The van der Waals surface area contributed by atoms with Gasteiger partial charge in [-0.2, -0.15) is 13.2 Å². The van der Waals surface area contributed by atoms with Crippen molar-refractivity contribution in [2.75, 3.05) is 6.54 Å². The molecule has 0 radical (unpaired) electrons. The van der Waals surface area contributed by atoms with Crippen LogP contribution in [0.2, 0.25) is 0 Å². The van der Waals surface area contributed by atoms with E-state index in [9.17, 15) is 31.5 Å². The number of likely N-dealkylation sites (tertiary alicyclic amines) is 1. The Morgan fingerprint density at radius 2 is 1.82 bits per heavy atom. The first kappa shape index (κ1) is 27.1. The molecule has 202 valence electrons. The van der Waals surface area contributed by atoms with Gasteiger partial charge in [-0.1, -0.05) is 56.3 Å². The molecule has 13 heteroatoms. The van der Waals surface area contributed by atoms with Gasteiger partial charge in [-0.15, -0.1) is 5.10 Å². The fraction of sp³-hybridized carbons (Fsp3) is 0.400. The highest BCUT2D eigenvalue weighted by molar-refractivity contribution is 5.89. The van der Waals surface area contributed by atoms with Crippen LogP contribution in [-0.2, 0) is 22.3 Å². The molecule has 3 aromatic rings. The summed E-state index contributed by atoms with van der Waals surface area (Å²) in [5.74, 6) is -3.68. The fourth-order valence-electron chi connectivity index (χ4n) is 4.48. The highest BCUT2D eigenvalue weighted by atomic mass is 19.4. The van der Waals surface area contributed by atoms with Crippen LogP contribution in [0.25, 0.3) is 0 Å². The van der Waals surface area contributed by atoms with Crippen molar-refractivity contribution in [3.05, 3.63) is 76.9 Å². The highest BCUT2D eigenvalue weighted by Gasteiger charge is 2.43. The van der Waals surface area contributed by atoms with Gasteiger partial charge in [0.1, 0.15) is 24.6 Å². The maximum Gasteiger partial charge on any atom is 0.453 e. The van der Waals surface area contributed by atoms with Crippen molar-refractivity contribution in [3.8, 4) is 0 Å². The molecule has 0 saturated carbocycles. The molecule has 1 aliphatic heterocycles. The lowest BCUT2D eigenvalue weighted by atomic mass is 9.94. The van der Waals surface area contributed by atoms with E-state index < -0.39 is 61.0 Å². The quantitative estimate of drug-likeness (QED) is 0.464. The molecule has 2 amide bonds. The Labute approximate surface area is 214 Å². The van der Waals surface area contributed by atoms with E-state index in [4.69, 9.17) is 0 Å². The second-order valence-corrected chi connectivity index (χ2v) is 9.34. The zero-order chi connectivity index (χ0) is 27.6. The van der Waals surface area contributed by atoms with Gasteiger partial charge in [0.05, 0.1) is 12.6 Å². The minimum absolute atomic E-state index is 0.0635. The first-order chi connectivity index (χ1) is 18.0. The zero-order valence-corrected chi connectivity index (χ0v) is 20.5. The molecule has 4 rings (SSSR count). The number of aromatic nitrogens is 4. The van der Waals surface area contributed by atoms with E-state index in [0.717, 1.165) is 4.90 Å². The summed E-state index contributed by atoms with van der Waals surface area (Å²) in [5, 5.41) is 11.8. The van der Waals surface area contributed by atoms with E-state index in [1.54, 1.807) is 42.5 Å². The van der Waals surface area contributed by atoms with E-state index in [-0.39, 0.29) is 17.0 Å². The second kappa shape index (κ2) is 10.8. The number of benzene rings is 2. The van der Waals surface area contributed by atoms with E-state index in [2.05, 4.69) is 20.8 Å². The summed E-state index contributed by atoms with van der Waals surface area (Å²) in [5.41, 5.74) is 1.55. The van der Waals surface area contributed by atoms with Crippen LogP contribution in [0.3, 0.4) is 0 Å². The van der Waals surface area contributed by atoms with Crippen LogP contribution in [0.5, 0.6) is 0 Å². The van der Waals surface area contributed by atoms with E-state index >= 15 is 0 Å². The van der Waals surface area contributed by atoms with Crippen LogP contribution in [0.15, 0.2) is 48.5 Å². The summed E-state index contributed by atoms with van der Waals surface area (Å²) in [4.78, 5) is 27.1. The van der Waals surface area contributed by atoms with Gasteiger partial charge in [-0.3, -0.25) is 9.59 Å². The maximum absolute atomic E-state index is 14.8. The van der Waals surface area contributed by atoms with Crippen molar-refractivity contribution >= 4 is 11.8 Å². The molecule has 2 heterocycles. The Balaban J connectivity index is 1.58. The summed E-state index contributed by atoms with van der Waals surface area (Å²) in [6.45, 7) is 2.29. The van der Waals surface area contributed by atoms with Crippen LogP contribution >= 0.6 is 0 Å². The molecule has 8 nitrogen and oxygen atoms in total. The normalized spacial score (nSPS) is 18.6. The zero-order valence-electron chi connectivity index (χ0n) is 20.5. The first-order valence-corrected chi connectivity index (χ1v) is 11.9. The summed E-state index contributed by atoms with van der Waals surface area (Å²) < 4.78 is 68.8. The van der Waals surface area contributed by atoms with Gasteiger partial charge in [-0.05, 0) is 39.1 Å². The summed E-state index contributed by atoms with van der Waals surface area (Å²) in [6.07, 6.45) is -6.82. The van der Waals surface area contributed by atoms with E-state index in [1.807, 2.05) is 13.8 Å². The van der Waals surface area contributed by atoms with Crippen molar-refractivity contribution in [1.82, 2.24) is 30.4 Å². The smallest absolute Gasteiger partial charge is 0.343 e. The van der Waals surface area contributed by atoms with Crippen molar-refractivity contribution in [2.45, 2.75) is 57.2 Å². The average Bonchev–Trinajstić information content (AvgIpc) is 3.49. The van der Waals surface area contributed by atoms with Gasteiger partial charge in [0, 0.05) is 6.42 Å². The number of hydrogen-bond acceptors (Lipinski definition) is 5. The number of nitrogens with zero attached hydrogens (tertiary/aromatic N) is 5. The number of hydrogen-bond donors (Lipinski definition) is 1. The first-order valence-electron chi connectivity index (χ1n) is 11.9. The summed E-state index contributed by atoms with van der Waals surface area (Å²) in [6, 6.07) is 11.2. The number of amides is 2. The van der Waals surface area contributed by atoms with Gasteiger partial charge in [-0.25, -0.2) is 13.5 Å². The third kappa shape index (κ3) is 5.81. The SMILES string of the molecule is CC(C)c1ccc(C(NC(=O)C2CC(F)CN2C(=O)Cn2nnnc2C(F)(F)F)c2ccccc2)cc1F. The Morgan fingerprint density at radius 1 is 1.11 bits per heavy atom. The number of rotatable bonds is 7. The lowest BCUT2D eigenvalue weighted by Gasteiger charge is -2.27. The summed E-state index contributed by atoms with van der Waals surface area (Å²) >= 11 is 0. The van der Waals surface area contributed by atoms with Crippen molar-refractivity contribution in [2.24, 2.45) is 0 Å². The molecule has 1 fully saturated rings. The van der Waals surface area contributed by atoms with E-state index in [1.165, 1.54) is 6.07 Å². The van der Waals surface area contributed by atoms with Crippen LogP contribution in [-0.4, -0.2) is 55.7 Å². The average molecular weight is 537 g/mol. The standard InChI is InChI=1S/C25H25F5N6O2/c1-14(2)18-9-8-16(10-19(18)27)22(15-6-4-3-5-7-15)31-23(38)20-11-17(26)12-35(20)21(37)13-36-24(25(28,29)30)32-33-34-36/h3-10,14,17,20,22H,11-13H2,1-2H3,(H,31,38). The number of carbonyl (C=O) groups is 2. The number of alkyl halides is 4. The molecule has 1 saturated heterocycles. The van der Waals surface area contributed by atoms with Crippen molar-refractivity contribution < 1.29 is 31.5 Å². The topological polar surface area (TPSA) is 93.0 Å². The Morgan fingerprint density at radius 3 is 2.45 bits per heavy atom. The molecule has 2 aromatic carbocycles. The molecule has 38 heavy (non-hydrogen) atoms. The molecular weight excluding hydrogens is 511 g/mol. The lowest BCUT2D eigenvalue weighted by Crippen LogP contribution is -2.48. The predicted octanol–water partition coefficient (Wildman–Crippen LogP) is 3.80. The van der Waals surface area contributed by atoms with Crippen molar-refractivity contribution in [1.29, 1.82) is 0 Å². The molecule has 0 bridgehead atoms. The van der Waals surface area contributed by atoms with E-state index in [0.29, 0.717) is 16.7 Å². The highest BCUT2D eigenvalue weighted by Crippen LogP contribution is 2.29. The molecule has 0 spiro atoms. The van der Waals surface area contributed by atoms with Crippen LogP contribution in [0.4, 0.5) is 22.0 Å². The number of tetrazole rings is 1. The Kier molecular flexibility index (Phi) is 7.74. The maximum atomic E-state index is 14.8. The van der Waals surface area contributed by atoms with Crippen LogP contribution < -0.4 is 5.32 Å². The number of carbonyl (C=O) groups excluding carboxylic acids is 2. The monoisotopic (exact) mass is 536 g/mol. The second-order valence-electron chi connectivity index (χ2n) is 9.34. The largest absolute Gasteiger partial charge is 0.453 e. The van der Waals surface area contributed by atoms with Crippen molar-refractivity contribution in [3.63, 3.8) is 0 Å². The van der Waals surface area contributed by atoms with Gasteiger partial charge in [0.25, 0.3) is 5.82 Å². The third-order valence-electron chi connectivity index (χ3n) is 6.34. The lowest BCUT2D eigenvalue weighted by molar-refractivity contribution is -0.150. The Hall–Kier alpha value is -3.90.